The summed E-state index contributed by atoms with van der Waals surface area (Å²) in [5, 5.41) is 32.7. The molecule has 5 rings (SSSR count). The van der Waals surface area contributed by atoms with Crippen LogP contribution < -0.4 is 17.2 Å². The molecule has 0 aliphatic carbocycles. The van der Waals surface area contributed by atoms with Crippen LogP contribution in [0.15, 0.2) is 42.4 Å². The Bertz CT molecular complexity index is 2140. The molecule has 10 N–H and O–H groups in total. The summed E-state index contributed by atoms with van der Waals surface area (Å²) in [6.07, 6.45) is -8.19. The first-order valence-electron chi connectivity index (χ1n) is 17.7. The van der Waals surface area contributed by atoms with E-state index >= 15 is 0 Å². The van der Waals surface area contributed by atoms with Crippen LogP contribution in [0.3, 0.4) is 0 Å². The number of likely N-dealkylation sites (N-methyl/N-ethyl adjacent to an activating group) is 1. The Hall–Kier alpha value is -4.27. The molecule has 0 bridgehead atoms. The Labute approximate surface area is 334 Å². The van der Waals surface area contributed by atoms with Crippen molar-refractivity contribution in [2.24, 2.45) is 0 Å². The average molecular weight is 878 g/mol. The van der Waals surface area contributed by atoms with E-state index in [1.807, 2.05) is 0 Å². The Balaban J connectivity index is 1.45. The summed E-state index contributed by atoms with van der Waals surface area (Å²) in [4.78, 5) is 86.3. The van der Waals surface area contributed by atoms with E-state index in [2.05, 4.69) is 31.0 Å². The first-order chi connectivity index (χ1) is 27.7. The van der Waals surface area contributed by atoms with Crippen LogP contribution in [0, 0.1) is 0 Å². The number of anilines is 2. The molecule has 2 saturated heterocycles. The molecule has 1 unspecified atom stereocenters. The summed E-state index contributed by atoms with van der Waals surface area (Å²) < 4.78 is 60.4. The number of allylic oxidation sites excluding steroid dienone is 1. The second kappa shape index (κ2) is 19.0. The van der Waals surface area contributed by atoms with Crippen molar-refractivity contribution in [1.29, 1.82) is 0 Å². The summed E-state index contributed by atoms with van der Waals surface area (Å²) in [5.41, 5.74) is 8.53. The first kappa shape index (κ1) is 45.8. The molecule has 28 heteroatoms. The lowest BCUT2D eigenvalue weighted by atomic mass is 10.1. The average Bonchev–Trinajstić information content (AvgIpc) is 3.83. The molecule has 59 heavy (non-hydrogen) atoms. The van der Waals surface area contributed by atoms with E-state index in [4.69, 9.17) is 34.9 Å². The van der Waals surface area contributed by atoms with Gasteiger partial charge in [-0.1, -0.05) is 6.08 Å². The Morgan fingerprint density at radius 3 is 2.37 bits per heavy atom. The fraction of sp³-hybridized carbons (Fsp3) is 0.581. The number of aliphatic hydroxyl groups is 3. The number of nitrogens with two attached hydrogens (primary N) is 2. The van der Waals surface area contributed by atoms with Gasteiger partial charge in [-0.05, 0) is 19.4 Å². The fourth-order valence-corrected chi connectivity index (χ4v) is 8.30. The second-order valence-electron chi connectivity index (χ2n) is 13.5. The van der Waals surface area contributed by atoms with Crippen molar-refractivity contribution in [2.45, 2.75) is 80.5 Å². The molecule has 326 valence electrons. The number of hydrogen-bond donors (Lipinski definition) is 8. The Morgan fingerprint density at radius 1 is 1.03 bits per heavy atom. The number of hydrogen-bond acceptors (Lipinski definition) is 20. The van der Waals surface area contributed by atoms with Gasteiger partial charge in [0.05, 0.1) is 38.9 Å². The summed E-state index contributed by atoms with van der Waals surface area (Å²) >= 11 is 0. The second-order valence-corrected chi connectivity index (χ2v) is 16.7. The van der Waals surface area contributed by atoms with Crippen molar-refractivity contribution < 1.29 is 76.7 Å². The quantitative estimate of drug-likeness (QED) is 0.0352. The summed E-state index contributed by atoms with van der Waals surface area (Å²) in [5.74, 6) is -1.87. The molecule has 1 amide bonds. The lowest BCUT2D eigenvalue weighted by Crippen LogP contribution is -2.49. The summed E-state index contributed by atoms with van der Waals surface area (Å²) in [6.45, 7) is 2.26. The molecule has 3 aromatic heterocycles. The number of esters is 1. The lowest BCUT2D eigenvalue weighted by molar-refractivity contribution is -0.168. The molecule has 0 radical (unpaired) electrons. The number of nitrogens with zero attached hydrogens (tertiary/aromatic N) is 7. The lowest BCUT2D eigenvalue weighted by Gasteiger charge is -2.30. The van der Waals surface area contributed by atoms with Gasteiger partial charge in [0.1, 0.15) is 47.7 Å². The van der Waals surface area contributed by atoms with Gasteiger partial charge in [-0.15, -0.1) is 6.58 Å². The third-order valence-corrected chi connectivity index (χ3v) is 11.6. The zero-order chi connectivity index (χ0) is 43.4. The largest absolute Gasteiger partial charge is 0.469 e. The number of carbonyl (C=O) groups is 2. The normalized spacial score (nSPS) is 26.6. The van der Waals surface area contributed by atoms with Gasteiger partial charge >= 0.3 is 27.1 Å². The number of nitrogen functional groups attached to an aromatic ring is 2. The van der Waals surface area contributed by atoms with Crippen LogP contribution in [0.5, 0.6) is 0 Å². The minimum Gasteiger partial charge on any atom is -0.455 e. The van der Waals surface area contributed by atoms with Gasteiger partial charge in [0.2, 0.25) is 5.91 Å². The number of aliphatic hydroxyl groups excluding tert-OH is 3. The number of carbonyl (C=O) groups excluding carboxylic acids is 2. The number of imidazole rings is 1. The molecule has 11 atom stereocenters. The van der Waals surface area contributed by atoms with E-state index in [9.17, 15) is 53.5 Å². The van der Waals surface area contributed by atoms with E-state index < -0.39 is 114 Å². The van der Waals surface area contributed by atoms with Crippen molar-refractivity contribution in [1.82, 2.24) is 34.0 Å². The number of ether oxygens (including phenoxy) is 4. The van der Waals surface area contributed by atoms with Gasteiger partial charge in [-0.25, -0.2) is 29.1 Å². The molecule has 0 spiro atoms. The van der Waals surface area contributed by atoms with Crippen LogP contribution in [0.4, 0.5) is 11.6 Å². The van der Waals surface area contributed by atoms with Gasteiger partial charge in [0.15, 0.2) is 36.1 Å². The van der Waals surface area contributed by atoms with E-state index in [0.717, 1.165) is 23.5 Å². The van der Waals surface area contributed by atoms with Gasteiger partial charge < -0.3 is 69.8 Å². The molecule has 3 aromatic rings. The topological polar surface area (TPSA) is 379 Å². The first-order valence-corrected chi connectivity index (χ1v) is 20.9. The highest BCUT2D eigenvalue weighted by Crippen LogP contribution is 2.56. The summed E-state index contributed by atoms with van der Waals surface area (Å²) in [6, 6.07) is -0.294. The van der Waals surface area contributed by atoms with Gasteiger partial charge in [-0.3, -0.25) is 23.0 Å². The van der Waals surface area contributed by atoms with Crippen LogP contribution in [-0.2, 0) is 46.7 Å². The van der Waals surface area contributed by atoms with Crippen LogP contribution in [-0.4, -0.2) is 158 Å². The zero-order valence-electron chi connectivity index (χ0n) is 31.5. The number of fused-ring (bicyclic) bond motifs is 1. The highest BCUT2D eigenvalue weighted by molar-refractivity contribution is 7.53. The molecule has 2 aliphatic heterocycles. The molecule has 5 heterocycles. The standard InChI is InChI=1S/C31H45N9O17P2/c1-4-5-6-20(42)38(3)16(10-52-9-15(2)41)30(45)57-24-17(55-28(22(24)43)40-14-36-21-26(33)34-13-35-27(21)40)11-53-58(47,48)25-18(12-54-59(49,50)51)56-29(23(25)44)39-8-7-19(32)37-31(39)46/h4,7-8,13-18,22-25,28-29,41,43-44H,1,5-6,9-12H2,2-3H3,(H,47,48)(H2,32,37,46)(H2,33,34,35)(H2,49,50,51)/t15-,16-,17+,18+,22+,23+,24+,25+,28+,29+/m0/s1. The summed E-state index contributed by atoms with van der Waals surface area (Å²) in [7, 11) is -9.20. The monoisotopic (exact) mass is 877 g/mol. The predicted octanol–water partition coefficient (Wildman–Crippen LogP) is -2.45. The number of phosphoric ester groups is 1. The number of rotatable bonds is 19. The minimum absolute atomic E-state index is 0.0283. The SMILES string of the molecule is C=CCCC(=O)N(C)[C@@H](COC[C@H](C)O)C(=O)O[C@H]1[C@@H](O)[C@H](n2cnc3c(N)ncnc32)O[C@@H]1COP(=O)(O)[C@H]1[C@@H](O)[C@H](n2ccc(N)nc2=O)O[C@@H]1COP(=O)(O)O. The van der Waals surface area contributed by atoms with Crippen molar-refractivity contribution in [3.63, 3.8) is 0 Å². The Kier molecular flexibility index (Phi) is 14.7. The number of amides is 1. The highest BCUT2D eigenvalue weighted by atomic mass is 31.2. The predicted molar refractivity (Wildman–Crippen MR) is 198 cm³/mol. The van der Waals surface area contributed by atoms with E-state index in [1.54, 1.807) is 0 Å². The van der Waals surface area contributed by atoms with Crippen molar-refractivity contribution in [3.05, 3.63) is 48.1 Å². The maximum Gasteiger partial charge on any atom is 0.469 e. The maximum atomic E-state index is 14.1. The van der Waals surface area contributed by atoms with Gasteiger partial charge in [-0.2, -0.15) is 4.98 Å². The number of phosphoric acid groups is 1. The Morgan fingerprint density at radius 2 is 1.71 bits per heavy atom. The number of aromatic nitrogens is 6. The maximum absolute atomic E-state index is 14.1. The molecule has 0 aromatic carbocycles. The van der Waals surface area contributed by atoms with Crippen molar-refractivity contribution in [2.75, 3.05) is 44.9 Å². The zero-order valence-corrected chi connectivity index (χ0v) is 33.3. The third kappa shape index (κ3) is 10.7. The van der Waals surface area contributed by atoms with Gasteiger partial charge in [0.25, 0.3) is 0 Å². The molecule has 2 aliphatic rings. The van der Waals surface area contributed by atoms with E-state index in [1.165, 1.54) is 30.9 Å². The third-order valence-electron chi connectivity index (χ3n) is 9.22. The fourth-order valence-electron chi connectivity index (χ4n) is 6.32. The van der Waals surface area contributed by atoms with Crippen molar-refractivity contribution >= 4 is 50.1 Å². The smallest absolute Gasteiger partial charge is 0.455 e. The highest BCUT2D eigenvalue weighted by Gasteiger charge is 2.56. The van der Waals surface area contributed by atoms with Crippen LogP contribution in [0.25, 0.3) is 11.2 Å². The minimum atomic E-state index is -5.29. The molecule has 2 fully saturated rings. The van der Waals surface area contributed by atoms with E-state index in [0.29, 0.717) is 4.57 Å². The molecular weight excluding hydrogens is 832 g/mol. The van der Waals surface area contributed by atoms with Crippen molar-refractivity contribution in [3.8, 4) is 0 Å². The van der Waals surface area contributed by atoms with Crippen LogP contribution in [0.2, 0.25) is 0 Å². The van der Waals surface area contributed by atoms with E-state index in [-0.39, 0.29) is 42.2 Å². The van der Waals surface area contributed by atoms with Crippen LogP contribution in [0.1, 0.15) is 32.2 Å². The molecular formula is C31H45N9O17P2. The van der Waals surface area contributed by atoms with Gasteiger partial charge in [0, 0.05) is 19.7 Å². The molecule has 26 nitrogen and oxygen atoms in total. The van der Waals surface area contributed by atoms with Crippen LogP contribution >= 0.6 is 15.4 Å². The molecule has 0 saturated carbocycles.